The third-order valence-corrected chi connectivity index (χ3v) is 4.79. The molecule has 3 aromatic carbocycles. The molecule has 0 amide bonds. The van der Waals surface area contributed by atoms with E-state index in [-0.39, 0.29) is 12.4 Å². The number of carbonyl (C=O) groups is 2. The largest absolute Gasteiger partial charge is 0.445 e. The summed E-state index contributed by atoms with van der Waals surface area (Å²) in [5.41, 5.74) is 2.92. The number of hydrogen-bond acceptors (Lipinski definition) is 4. The average Bonchev–Trinajstić information content (AvgIpc) is 3.22. The Morgan fingerprint density at radius 2 is 1.59 bits per heavy atom. The molecular weight excluding hydrogens is 366 g/mol. The van der Waals surface area contributed by atoms with Gasteiger partial charge in [-0.1, -0.05) is 60.7 Å². The lowest BCUT2D eigenvalue weighted by Crippen LogP contribution is -2.20. The van der Waals surface area contributed by atoms with Crippen LogP contribution in [-0.4, -0.2) is 21.8 Å². The molecule has 0 bridgehead atoms. The third kappa shape index (κ3) is 3.81. The number of ketones is 1. The zero-order valence-corrected chi connectivity index (χ0v) is 15.5. The normalized spacial score (nSPS) is 11.9. The van der Waals surface area contributed by atoms with Gasteiger partial charge in [-0.2, -0.15) is 0 Å². The fourth-order valence-corrected chi connectivity index (χ4v) is 3.24. The summed E-state index contributed by atoms with van der Waals surface area (Å²) in [5, 5.41) is 9.94. The molecule has 0 fully saturated rings. The Labute approximate surface area is 167 Å². The van der Waals surface area contributed by atoms with Crippen LogP contribution in [0.2, 0.25) is 0 Å². The summed E-state index contributed by atoms with van der Waals surface area (Å²) < 4.78 is 5.67. The number of nitrogens with one attached hydrogen (secondary N) is 1. The molecule has 0 radical (unpaired) electrons. The first-order chi connectivity index (χ1) is 14.2. The van der Waals surface area contributed by atoms with Crippen molar-refractivity contribution in [3.05, 3.63) is 107 Å². The van der Waals surface area contributed by atoms with Gasteiger partial charge in [0, 0.05) is 28.2 Å². The van der Waals surface area contributed by atoms with Crippen molar-refractivity contribution in [3.8, 4) is 0 Å². The highest BCUT2D eigenvalue weighted by Gasteiger charge is 2.28. The zero-order chi connectivity index (χ0) is 20.2. The number of esters is 1. The lowest BCUT2D eigenvalue weighted by Gasteiger charge is -2.17. The van der Waals surface area contributed by atoms with Gasteiger partial charge < -0.3 is 14.8 Å². The molecule has 1 heterocycles. The molecule has 0 aliphatic rings. The highest BCUT2D eigenvalue weighted by atomic mass is 16.5. The van der Waals surface area contributed by atoms with Crippen LogP contribution in [0.15, 0.2) is 85.1 Å². The highest BCUT2D eigenvalue weighted by molar-refractivity contribution is 6.11. The van der Waals surface area contributed by atoms with Crippen molar-refractivity contribution in [2.75, 3.05) is 0 Å². The van der Waals surface area contributed by atoms with Crippen molar-refractivity contribution in [1.82, 2.24) is 4.98 Å². The second-order valence-corrected chi connectivity index (χ2v) is 6.66. The van der Waals surface area contributed by atoms with E-state index in [0.717, 1.165) is 10.9 Å². The number of benzene rings is 3. The van der Waals surface area contributed by atoms with Gasteiger partial charge in [-0.05, 0) is 23.8 Å². The van der Waals surface area contributed by atoms with Gasteiger partial charge >= 0.3 is 5.97 Å². The number of aliphatic hydroxyl groups excluding tert-OH is 1. The van der Waals surface area contributed by atoms with Crippen molar-refractivity contribution in [2.45, 2.75) is 12.7 Å². The molecule has 0 saturated carbocycles. The van der Waals surface area contributed by atoms with Crippen LogP contribution in [0, 0.1) is 0 Å². The Bertz CT molecular complexity index is 1150. The fourth-order valence-electron chi connectivity index (χ4n) is 3.24. The summed E-state index contributed by atoms with van der Waals surface area (Å²) >= 11 is 0. The predicted molar refractivity (Wildman–Crippen MR) is 110 cm³/mol. The van der Waals surface area contributed by atoms with E-state index in [1.54, 1.807) is 54.7 Å². The molecule has 0 aliphatic heterocycles. The summed E-state index contributed by atoms with van der Waals surface area (Å²) in [7, 11) is 0. The smallest absolute Gasteiger partial charge is 0.339 e. The molecule has 2 N–H and O–H groups in total. The Balaban J connectivity index is 1.68. The average molecular weight is 385 g/mol. The van der Waals surface area contributed by atoms with Crippen LogP contribution in [0.25, 0.3) is 10.9 Å². The van der Waals surface area contributed by atoms with Crippen LogP contribution in [0.5, 0.6) is 0 Å². The van der Waals surface area contributed by atoms with Crippen LogP contribution in [-0.2, 0) is 11.3 Å². The minimum absolute atomic E-state index is 0.110. The molecule has 0 spiro atoms. The second kappa shape index (κ2) is 8.12. The Morgan fingerprint density at radius 1 is 0.897 bits per heavy atom. The van der Waals surface area contributed by atoms with Gasteiger partial charge in [0.25, 0.3) is 0 Å². The van der Waals surface area contributed by atoms with Crippen molar-refractivity contribution in [2.24, 2.45) is 0 Å². The molecule has 5 nitrogen and oxygen atoms in total. The molecule has 5 heteroatoms. The number of fused-ring (bicyclic) bond motifs is 1. The first-order valence-electron chi connectivity index (χ1n) is 9.23. The number of aromatic nitrogens is 1. The standard InChI is InChI=1S/C24H19NO4/c26-15-16-10-12-18(13-11-16)24(28)29-23(17-6-2-1-3-7-17)22(27)20-14-25-21-9-5-4-8-19(20)21/h1-14,23,25-26H,15H2. The molecule has 0 saturated heterocycles. The lowest BCUT2D eigenvalue weighted by molar-refractivity contribution is 0.0280. The van der Waals surface area contributed by atoms with Crippen molar-refractivity contribution < 1.29 is 19.4 Å². The van der Waals surface area contributed by atoms with Crippen molar-refractivity contribution in [1.29, 1.82) is 0 Å². The minimum atomic E-state index is -1.07. The molecule has 29 heavy (non-hydrogen) atoms. The Hall–Kier alpha value is -3.70. The number of hydrogen-bond donors (Lipinski definition) is 2. The summed E-state index contributed by atoms with van der Waals surface area (Å²) in [6, 6.07) is 22.9. The number of para-hydroxylation sites is 1. The maximum atomic E-state index is 13.4. The van der Waals surface area contributed by atoms with Gasteiger partial charge in [0.15, 0.2) is 6.10 Å². The lowest BCUT2D eigenvalue weighted by atomic mass is 9.99. The molecule has 144 valence electrons. The van der Waals surface area contributed by atoms with E-state index < -0.39 is 12.1 Å². The molecule has 1 atom stereocenters. The Morgan fingerprint density at radius 3 is 2.31 bits per heavy atom. The van der Waals surface area contributed by atoms with Crippen LogP contribution in [0.1, 0.15) is 37.9 Å². The van der Waals surface area contributed by atoms with E-state index in [1.807, 2.05) is 30.3 Å². The number of aliphatic hydroxyl groups is 1. The number of H-pyrrole nitrogens is 1. The van der Waals surface area contributed by atoms with Gasteiger partial charge in [0.05, 0.1) is 12.2 Å². The summed E-state index contributed by atoms with van der Waals surface area (Å²) in [5.74, 6) is -0.898. The minimum Gasteiger partial charge on any atom is -0.445 e. The quantitative estimate of drug-likeness (QED) is 0.380. The van der Waals surface area contributed by atoms with Gasteiger partial charge in [-0.15, -0.1) is 0 Å². The Kier molecular flexibility index (Phi) is 5.22. The zero-order valence-electron chi connectivity index (χ0n) is 15.5. The van der Waals surface area contributed by atoms with Gasteiger partial charge in [-0.3, -0.25) is 4.79 Å². The SMILES string of the molecule is O=C(OC(C(=O)c1c[nH]c2ccccc12)c1ccccc1)c1ccc(CO)cc1. The summed E-state index contributed by atoms with van der Waals surface area (Å²) in [6.45, 7) is -0.110. The van der Waals surface area contributed by atoms with E-state index in [1.165, 1.54) is 0 Å². The predicted octanol–water partition coefficient (Wildman–Crippen LogP) is 4.44. The van der Waals surface area contributed by atoms with E-state index in [0.29, 0.717) is 22.3 Å². The number of carbonyl (C=O) groups excluding carboxylic acids is 2. The van der Waals surface area contributed by atoms with Crippen LogP contribution in [0.3, 0.4) is 0 Å². The molecule has 4 rings (SSSR count). The van der Waals surface area contributed by atoms with Gasteiger partial charge in [0.2, 0.25) is 5.78 Å². The van der Waals surface area contributed by atoms with Crippen molar-refractivity contribution in [3.63, 3.8) is 0 Å². The van der Waals surface area contributed by atoms with Gasteiger partial charge in [-0.25, -0.2) is 4.79 Å². The maximum Gasteiger partial charge on any atom is 0.339 e. The van der Waals surface area contributed by atoms with E-state index in [2.05, 4.69) is 4.98 Å². The van der Waals surface area contributed by atoms with Crippen molar-refractivity contribution >= 4 is 22.7 Å². The highest BCUT2D eigenvalue weighted by Crippen LogP contribution is 2.28. The summed E-state index contributed by atoms with van der Waals surface area (Å²) in [4.78, 5) is 29.2. The van der Waals surface area contributed by atoms with E-state index in [4.69, 9.17) is 9.84 Å². The van der Waals surface area contributed by atoms with E-state index in [9.17, 15) is 9.59 Å². The monoisotopic (exact) mass is 385 g/mol. The molecular formula is C24H19NO4. The number of Topliss-reactive ketones (excluding diaryl/α,β-unsaturated/α-hetero) is 1. The number of rotatable bonds is 6. The second-order valence-electron chi connectivity index (χ2n) is 6.66. The van der Waals surface area contributed by atoms with Crippen LogP contribution < -0.4 is 0 Å². The molecule has 1 unspecified atom stereocenters. The molecule has 4 aromatic rings. The number of aromatic amines is 1. The third-order valence-electron chi connectivity index (χ3n) is 4.79. The fraction of sp³-hybridized carbons (Fsp3) is 0.0833. The first kappa shape index (κ1) is 18.7. The first-order valence-corrected chi connectivity index (χ1v) is 9.23. The molecule has 1 aromatic heterocycles. The van der Waals surface area contributed by atoms with Crippen LogP contribution in [0.4, 0.5) is 0 Å². The van der Waals surface area contributed by atoms with Gasteiger partial charge in [0.1, 0.15) is 0 Å². The van der Waals surface area contributed by atoms with E-state index >= 15 is 0 Å². The topological polar surface area (TPSA) is 79.4 Å². The molecule has 0 aliphatic carbocycles. The summed E-state index contributed by atoms with van der Waals surface area (Å²) in [6.07, 6.45) is 0.577. The maximum absolute atomic E-state index is 13.4. The van der Waals surface area contributed by atoms with Crippen LogP contribution >= 0.6 is 0 Å². The number of ether oxygens (including phenoxy) is 1.